The van der Waals surface area contributed by atoms with E-state index in [0.717, 1.165) is 25.7 Å². The molecule has 1 aromatic carbocycles. The number of carbonyl (C=O) groups is 1. The number of carbonyl (C=O) groups excluding carboxylic acids is 1. The zero-order valence-corrected chi connectivity index (χ0v) is 11.3. The second kappa shape index (κ2) is 6.29. The second-order valence-electron chi connectivity index (χ2n) is 4.82. The first-order valence-corrected chi connectivity index (χ1v) is 6.60. The van der Waals surface area contributed by atoms with E-state index in [9.17, 15) is 9.90 Å². The fraction of sp³-hybridized carbons (Fsp3) is 0.467. The van der Waals surface area contributed by atoms with Gasteiger partial charge in [0.05, 0.1) is 25.3 Å². The van der Waals surface area contributed by atoms with Gasteiger partial charge in [-0.3, -0.25) is 0 Å². The molecule has 1 saturated carbocycles. The van der Waals surface area contributed by atoms with Crippen LogP contribution in [-0.2, 0) is 4.79 Å². The van der Waals surface area contributed by atoms with Crippen molar-refractivity contribution in [1.82, 2.24) is 0 Å². The van der Waals surface area contributed by atoms with E-state index in [2.05, 4.69) is 0 Å². The van der Waals surface area contributed by atoms with Gasteiger partial charge in [0, 0.05) is 0 Å². The third-order valence-electron chi connectivity index (χ3n) is 3.48. The first-order chi connectivity index (χ1) is 9.65. The van der Waals surface area contributed by atoms with Gasteiger partial charge in [-0.25, -0.2) is 0 Å². The Hall–Kier alpha value is -2.22. The Labute approximate surface area is 117 Å². The summed E-state index contributed by atoms with van der Waals surface area (Å²) in [6.07, 6.45) is 4.35. The molecule has 0 aromatic heterocycles. The molecule has 0 radical (unpaired) electrons. The molecule has 0 spiro atoms. The van der Waals surface area contributed by atoms with E-state index in [1.54, 1.807) is 24.3 Å². The SMILES string of the molecule is COc1ccc(C(C#N)C(=O)[O-])cc1OC1CCCC1. The summed E-state index contributed by atoms with van der Waals surface area (Å²) >= 11 is 0. The molecule has 1 fully saturated rings. The number of nitrogens with zero attached hydrogens (tertiary/aromatic N) is 1. The summed E-state index contributed by atoms with van der Waals surface area (Å²) in [4.78, 5) is 10.9. The number of rotatable bonds is 5. The van der Waals surface area contributed by atoms with E-state index < -0.39 is 11.9 Å². The molecular formula is C15H16NO4-. The minimum Gasteiger partial charge on any atom is -0.548 e. The monoisotopic (exact) mass is 274 g/mol. The zero-order valence-electron chi connectivity index (χ0n) is 11.3. The fourth-order valence-corrected chi connectivity index (χ4v) is 2.41. The Morgan fingerprint density at radius 2 is 2.10 bits per heavy atom. The summed E-state index contributed by atoms with van der Waals surface area (Å²) in [7, 11) is 1.52. The van der Waals surface area contributed by atoms with Crippen LogP contribution in [0.2, 0.25) is 0 Å². The number of nitriles is 1. The Kier molecular flexibility index (Phi) is 4.46. The van der Waals surface area contributed by atoms with Crippen molar-refractivity contribution < 1.29 is 19.4 Å². The van der Waals surface area contributed by atoms with Gasteiger partial charge in [-0.05, 0) is 43.4 Å². The standard InChI is InChI=1S/C15H17NO4/c1-19-13-7-6-10(12(9-16)15(17)18)8-14(13)20-11-4-2-3-5-11/h6-8,11-12H,2-5H2,1H3,(H,17,18)/p-1. The van der Waals surface area contributed by atoms with Crippen LogP contribution < -0.4 is 14.6 Å². The smallest absolute Gasteiger partial charge is 0.161 e. The average Bonchev–Trinajstić information content (AvgIpc) is 2.92. The third kappa shape index (κ3) is 3.02. The van der Waals surface area contributed by atoms with E-state index in [4.69, 9.17) is 14.7 Å². The second-order valence-corrected chi connectivity index (χ2v) is 4.82. The summed E-state index contributed by atoms with van der Waals surface area (Å²) in [6.45, 7) is 0. The molecule has 1 aliphatic carbocycles. The van der Waals surface area contributed by atoms with Gasteiger partial charge in [0.25, 0.3) is 0 Å². The minimum atomic E-state index is -1.41. The summed E-state index contributed by atoms with van der Waals surface area (Å²) < 4.78 is 11.1. The number of hydrogen-bond donors (Lipinski definition) is 0. The molecule has 0 bridgehead atoms. The molecule has 0 aliphatic heterocycles. The van der Waals surface area contributed by atoms with Crippen molar-refractivity contribution in [3.63, 3.8) is 0 Å². The lowest BCUT2D eigenvalue weighted by Crippen LogP contribution is -2.28. The van der Waals surface area contributed by atoms with Gasteiger partial charge < -0.3 is 19.4 Å². The Bertz CT molecular complexity index is 529. The van der Waals surface area contributed by atoms with Crippen LogP contribution in [0.3, 0.4) is 0 Å². The molecule has 106 valence electrons. The number of benzene rings is 1. The van der Waals surface area contributed by atoms with Gasteiger partial charge in [-0.2, -0.15) is 5.26 Å². The molecule has 0 N–H and O–H groups in total. The van der Waals surface area contributed by atoms with Gasteiger partial charge in [-0.1, -0.05) is 6.07 Å². The zero-order chi connectivity index (χ0) is 14.5. The van der Waals surface area contributed by atoms with Gasteiger partial charge in [0.15, 0.2) is 11.5 Å². The molecule has 0 heterocycles. The summed E-state index contributed by atoms with van der Waals surface area (Å²) in [5.74, 6) is -1.69. The molecule has 5 heteroatoms. The van der Waals surface area contributed by atoms with Crippen molar-refractivity contribution >= 4 is 5.97 Å². The molecular weight excluding hydrogens is 258 g/mol. The highest BCUT2D eigenvalue weighted by molar-refractivity contribution is 5.77. The molecule has 1 unspecified atom stereocenters. The molecule has 0 saturated heterocycles. The van der Waals surface area contributed by atoms with Crippen LogP contribution in [0, 0.1) is 11.3 Å². The van der Waals surface area contributed by atoms with E-state index in [0.29, 0.717) is 17.1 Å². The lowest BCUT2D eigenvalue weighted by molar-refractivity contribution is -0.306. The topological polar surface area (TPSA) is 82.4 Å². The molecule has 20 heavy (non-hydrogen) atoms. The maximum atomic E-state index is 10.9. The maximum Gasteiger partial charge on any atom is 0.161 e. The minimum absolute atomic E-state index is 0.127. The maximum absolute atomic E-state index is 10.9. The first kappa shape index (κ1) is 14.2. The lowest BCUT2D eigenvalue weighted by atomic mass is 10.0. The van der Waals surface area contributed by atoms with Crippen molar-refractivity contribution in [3.05, 3.63) is 23.8 Å². The molecule has 1 atom stereocenters. The van der Waals surface area contributed by atoms with Crippen LogP contribution in [0.4, 0.5) is 0 Å². The van der Waals surface area contributed by atoms with E-state index >= 15 is 0 Å². The predicted molar refractivity (Wildman–Crippen MR) is 69.2 cm³/mol. The Morgan fingerprint density at radius 3 is 2.65 bits per heavy atom. The number of methoxy groups -OCH3 is 1. The van der Waals surface area contributed by atoms with Gasteiger partial charge in [-0.15, -0.1) is 0 Å². The predicted octanol–water partition coefficient (Wildman–Crippen LogP) is 1.37. The van der Waals surface area contributed by atoms with Crippen LogP contribution in [0.15, 0.2) is 18.2 Å². The number of carboxylic acids is 1. The van der Waals surface area contributed by atoms with Gasteiger partial charge in [0.1, 0.15) is 5.92 Å². The molecule has 1 aliphatic rings. The van der Waals surface area contributed by atoms with Crippen molar-refractivity contribution in [3.8, 4) is 17.6 Å². The van der Waals surface area contributed by atoms with E-state index in [-0.39, 0.29) is 6.10 Å². The fourth-order valence-electron chi connectivity index (χ4n) is 2.41. The quantitative estimate of drug-likeness (QED) is 0.810. The molecule has 5 nitrogen and oxygen atoms in total. The van der Waals surface area contributed by atoms with Crippen molar-refractivity contribution in [2.45, 2.75) is 37.7 Å². The van der Waals surface area contributed by atoms with Crippen LogP contribution in [-0.4, -0.2) is 19.2 Å². The number of carboxylic acid groups (broad SMARTS) is 1. The van der Waals surface area contributed by atoms with Crippen molar-refractivity contribution in [2.24, 2.45) is 0 Å². The van der Waals surface area contributed by atoms with E-state index in [1.807, 2.05) is 0 Å². The van der Waals surface area contributed by atoms with Crippen LogP contribution >= 0.6 is 0 Å². The molecule has 2 rings (SSSR count). The average molecular weight is 274 g/mol. The number of hydrogen-bond acceptors (Lipinski definition) is 5. The van der Waals surface area contributed by atoms with Crippen LogP contribution in [0.25, 0.3) is 0 Å². The highest BCUT2D eigenvalue weighted by atomic mass is 16.5. The summed E-state index contributed by atoms with van der Waals surface area (Å²) in [5.41, 5.74) is 0.348. The molecule has 1 aromatic rings. The first-order valence-electron chi connectivity index (χ1n) is 6.60. The number of ether oxygens (including phenoxy) is 2. The van der Waals surface area contributed by atoms with Crippen LogP contribution in [0.5, 0.6) is 11.5 Å². The van der Waals surface area contributed by atoms with E-state index in [1.165, 1.54) is 7.11 Å². The normalized spacial score (nSPS) is 16.4. The van der Waals surface area contributed by atoms with Gasteiger partial charge in [0.2, 0.25) is 0 Å². The lowest BCUT2D eigenvalue weighted by Gasteiger charge is -2.18. The largest absolute Gasteiger partial charge is 0.548 e. The van der Waals surface area contributed by atoms with Gasteiger partial charge >= 0.3 is 0 Å². The highest BCUT2D eigenvalue weighted by Gasteiger charge is 2.20. The summed E-state index contributed by atoms with van der Waals surface area (Å²) in [5, 5.41) is 19.8. The Morgan fingerprint density at radius 1 is 1.40 bits per heavy atom. The highest BCUT2D eigenvalue weighted by Crippen LogP contribution is 2.34. The number of aliphatic carboxylic acids is 1. The Balaban J connectivity index is 2.28. The van der Waals surface area contributed by atoms with Crippen LogP contribution in [0.1, 0.15) is 37.2 Å². The summed E-state index contributed by atoms with van der Waals surface area (Å²) in [6, 6.07) is 6.44. The third-order valence-corrected chi connectivity index (χ3v) is 3.48. The van der Waals surface area contributed by atoms with Crippen molar-refractivity contribution in [2.75, 3.05) is 7.11 Å². The molecule has 0 amide bonds. The van der Waals surface area contributed by atoms with Crippen molar-refractivity contribution in [1.29, 1.82) is 5.26 Å².